The zero-order chi connectivity index (χ0) is 16.7. The summed E-state index contributed by atoms with van der Waals surface area (Å²) in [6, 6.07) is 3.32. The predicted molar refractivity (Wildman–Crippen MR) is 83.4 cm³/mol. The second kappa shape index (κ2) is 8.42. The van der Waals surface area contributed by atoms with Crippen LogP contribution in [0.2, 0.25) is 0 Å². The van der Waals surface area contributed by atoms with Crippen LogP contribution in [0.25, 0.3) is 0 Å². The van der Waals surface area contributed by atoms with Crippen LogP contribution < -0.4 is 10.1 Å². The molecule has 1 fully saturated rings. The monoisotopic (exact) mass is 348 g/mol. The molecule has 1 aromatic heterocycles. The summed E-state index contributed by atoms with van der Waals surface area (Å²) in [5, 5.41) is 2.37. The largest absolute Gasteiger partial charge is 0.489 e. The van der Waals surface area contributed by atoms with E-state index in [1.165, 1.54) is 25.5 Å². The molecule has 0 spiro atoms. The van der Waals surface area contributed by atoms with Crippen molar-refractivity contribution in [3.8, 4) is 5.75 Å². The third-order valence-corrected chi connectivity index (χ3v) is 4.33. The Labute approximate surface area is 137 Å². The molecule has 0 saturated heterocycles. The van der Waals surface area contributed by atoms with Gasteiger partial charge in [-0.3, -0.25) is 4.79 Å². The molecular formula is C15H19F3N2O2S. The molecule has 128 valence electrons. The number of alkyl halides is 3. The molecule has 0 radical (unpaired) electrons. The number of ether oxygens (including phenoxy) is 1. The number of anilines is 1. The highest BCUT2D eigenvalue weighted by atomic mass is 32.2. The summed E-state index contributed by atoms with van der Waals surface area (Å²) in [6.45, 7) is 0.534. The number of nitrogens with one attached hydrogen (secondary N) is 1. The van der Waals surface area contributed by atoms with Gasteiger partial charge in [0.1, 0.15) is 0 Å². The minimum atomic E-state index is -4.43. The van der Waals surface area contributed by atoms with Gasteiger partial charge in [-0.1, -0.05) is 19.3 Å². The maximum atomic E-state index is 12.1. The average Bonchev–Trinajstić information content (AvgIpc) is 2.52. The fourth-order valence-electron chi connectivity index (χ4n) is 2.48. The number of amides is 1. The van der Waals surface area contributed by atoms with Crippen LogP contribution in [0.15, 0.2) is 18.3 Å². The lowest BCUT2D eigenvalue weighted by molar-refractivity contribution is -0.114. The van der Waals surface area contributed by atoms with Crippen LogP contribution in [-0.2, 0) is 4.79 Å². The molecule has 1 aromatic rings. The highest BCUT2D eigenvalue weighted by Crippen LogP contribution is 2.30. The van der Waals surface area contributed by atoms with Crippen molar-refractivity contribution in [1.29, 1.82) is 0 Å². The first-order valence-electron chi connectivity index (χ1n) is 7.52. The van der Waals surface area contributed by atoms with Crippen molar-refractivity contribution < 1.29 is 22.7 Å². The molecule has 1 N–H and O–H groups in total. The molecule has 4 nitrogen and oxygen atoms in total. The molecule has 1 amide bonds. The van der Waals surface area contributed by atoms with Gasteiger partial charge in [-0.05, 0) is 42.7 Å². The fourth-order valence-corrected chi connectivity index (χ4v) is 2.84. The Hall–Kier alpha value is -1.44. The molecule has 2 rings (SSSR count). The topological polar surface area (TPSA) is 51.2 Å². The summed E-state index contributed by atoms with van der Waals surface area (Å²) in [7, 11) is 0. The van der Waals surface area contributed by atoms with Crippen LogP contribution in [0.3, 0.4) is 0 Å². The van der Waals surface area contributed by atoms with Gasteiger partial charge in [0.05, 0.1) is 12.4 Å². The highest BCUT2D eigenvalue weighted by Gasteiger charge is 2.29. The summed E-state index contributed by atoms with van der Waals surface area (Å²) >= 11 is -0.378. The standard InChI is InChI=1S/C15H19F3N2O2S/c16-15(17,18)23-10-13(21)20-14-12(7-4-8-19-14)22-9-11-5-2-1-3-6-11/h4,7-8,11H,1-3,5-6,9-10H2,(H,19,20,21). The van der Waals surface area contributed by atoms with Crippen LogP contribution >= 0.6 is 11.8 Å². The second-order valence-electron chi connectivity index (χ2n) is 5.45. The number of carbonyl (C=O) groups is 1. The van der Waals surface area contributed by atoms with E-state index in [2.05, 4.69) is 10.3 Å². The van der Waals surface area contributed by atoms with E-state index in [1.807, 2.05) is 0 Å². The quantitative estimate of drug-likeness (QED) is 0.836. The molecule has 1 aliphatic rings. The number of hydrogen-bond acceptors (Lipinski definition) is 4. The molecule has 8 heteroatoms. The normalized spacial score (nSPS) is 16.1. The Balaban J connectivity index is 1.87. The fraction of sp³-hybridized carbons (Fsp3) is 0.600. The van der Waals surface area contributed by atoms with Gasteiger partial charge in [0, 0.05) is 6.20 Å². The molecule has 0 atom stereocenters. The zero-order valence-electron chi connectivity index (χ0n) is 12.6. The Kier molecular flexibility index (Phi) is 6.56. The van der Waals surface area contributed by atoms with E-state index < -0.39 is 17.2 Å². The first-order valence-corrected chi connectivity index (χ1v) is 8.51. The zero-order valence-corrected chi connectivity index (χ0v) is 13.4. The minimum Gasteiger partial charge on any atom is -0.489 e. The van der Waals surface area contributed by atoms with Crippen LogP contribution in [0, 0.1) is 5.92 Å². The van der Waals surface area contributed by atoms with E-state index >= 15 is 0 Å². The van der Waals surface area contributed by atoms with Gasteiger partial charge < -0.3 is 10.1 Å². The molecule has 1 heterocycles. The number of nitrogens with zero attached hydrogens (tertiary/aromatic N) is 1. The molecule has 0 aromatic carbocycles. The smallest absolute Gasteiger partial charge is 0.442 e. The van der Waals surface area contributed by atoms with Gasteiger partial charge in [-0.25, -0.2) is 4.98 Å². The molecule has 0 bridgehead atoms. The van der Waals surface area contributed by atoms with Crippen molar-refractivity contribution >= 4 is 23.5 Å². The van der Waals surface area contributed by atoms with Gasteiger partial charge in [0.15, 0.2) is 11.6 Å². The van der Waals surface area contributed by atoms with Crippen LogP contribution in [0.1, 0.15) is 32.1 Å². The van der Waals surface area contributed by atoms with Crippen molar-refractivity contribution in [2.24, 2.45) is 5.92 Å². The maximum absolute atomic E-state index is 12.1. The minimum absolute atomic E-state index is 0.163. The van der Waals surface area contributed by atoms with Gasteiger partial charge in [-0.2, -0.15) is 13.2 Å². The third kappa shape index (κ3) is 6.68. The Morgan fingerprint density at radius 2 is 2.09 bits per heavy atom. The molecule has 0 unspecified atom stereocenters. The number of rotatable bonds is 6. The number of hydrogen-bond donors (Lipinski definition) is 1. The summed E-state index contributed by atoms with van der Waals surface area (Å²) < 4.78 is 42.0. The van der Waals surface area contributed by atoms with Crippen molar-refractivity contribution in [2.75, 3.05) is 17.7 Å². The van der Waals surface area contributed by atoms with Crippen LogP contribution in [0.5, 0.6) is 5.75 Å². The molecular weight excluding hydrogens is 329 g/mol. The molecule has 23 heavy (non-hydrogen) atoms. The van der Waals surface area contributed by atoms with Crippen LogP contribution in [0.4, 0.5) is 19.0 Å². The summed E-state index contributed by atoms with van der Waals surface area (Å²) in [4.78, 5) is 15.6. The Bertz CT molecular complexity index is 520. The molecule has 0 aliphatic heterocycles. The molecule has 1 aliphatic carbocycles. The highest BCUT2D eigenvalue weighted by molar-refractivity contribution is 8.00. The van der Waals surface area contributed by atoms with Gasteiger partial charge in [-0.15, -0.1) is 0 Å². The van der Waals surface area contributed by atoms with Crippen LogP contribution in [-0.4, -0.2) is 28.8 Å². The first-order chi connectivity index (χ1) is 10.9. The SMILES string of the molecule is O=C(CSC(F)(F)F)Nc1ncccc1OCC1CCCCC1. The first kappa shape index (κ1) is 17.9. The van der Waals surface area contributed by atoms with E-state index in [0.717, 1.165) is 12.8 Å². The van der Waals surface area contributed by atoms with E-state index in [9.17, 15) is 18.0 Å². The number of halogens is 3. The Morgan fingerprint density at radius 3 is 2.78 bits per heavy atom. The second-order valence-corrected chi connectivity index (χ2v) is 6.49. The average molecular weight is 348 g/mol. The number of thioether (sulfide) groups is 1. The summed E-state index contributed by atoms with van der Waals surface area (Å²) in [5.41, 5.74) is -4.43. The number of aromatic nitrogens is 1. The number of pyridine rings is 1. The summed E-state index contributed by atoms with van der Waals surface area (Å²) in [6.07, 6.45) is 7.33. The van der Waals surface area contributed by atoms with Gasteiger partial charge in [0.25, 0.3) is 0 Å². The predicted octanol–water partition coefficient (Wildman–Crippen LogP) is 4.23. The van der Waals surface area contributed by atoms with Crippen molar-refractivity contribution in [1.82, 2.24) is 4.98 Å². The lowest BCUT2D eigenvalue weighted by atomic mass is 9.90. The van der Waals surface area contributed by atoms with Crippen molar-refractivity contribution in [3.63, 3.8) is 0 Å². The molecule has 1 saturated carbocycles. The summed E-state index contributed by atoms with van der Waals surface area (Å²) in [5.74, 6) is -0.427. The van der Waals surface area contributed by atoms with E-state index in [1.54, 1.807) is 12.1 Å². The van der Waals surface area contributed by atoms with Crippen molar-refractivity contribution in [3.05, 3.63) is 18.3 Å². The lowest BCUT2D eigenvalue weighted by Crippen LogP contribution is -2.20. The van der Waals surface area contributed by atoms with Gasteiger partial charge >= 0.3 is 5.51 Å². The Morgan fingerprint density at radius 1 is 1.35 bits per heavy atom. The maximum Gasteiger partial charge on any atom is 0.442 e. The number of carbonyl (C=O) groups excluding carboxylic acids is 1. The lowest BCUT2D eigenvalue weighted by Gasteiger charge is -2.22. The van der Waals surface area contributed by atoms with Crippen molar-refractivity contribution in [2.45, 2.75) is 37.6 Å². The van der Waals surface area contributed by atoms with Gasteiger partial charge in [0.2, 0.25) is 5.91 Å². The third-order valence-electron chi connectivity index (χ3n) is 3.59. The van der Waals surface area contributed by atoms with E-state index in [-0.39, 0.29) is 17.6 Å². The van der Waals surface area contributed by atoms with E-state index in [4.69, 9.17) is 4.74 Å². The van der Waals surface area contributed by atoms with E-state index in [0.29, 0.717) is 18.3 Å².